The van der Waals surface area contributed by atoms with E-state index in [0.29, 0.717) is 19.0 Å². The van der Waals surface area contributed by atoms with Gasteiger partial charge in [0.1, 0.15) is 0 Å². The molecule has 0 spiro atoms. The molecule has 1 unspecified atom stereocenters. The van der Waals surface area contributed by atoms with Gasteiger partial charge in [-0.2, -0.15) is 0 Å². The van der Waals surface area contributed by atoms with E-state index < -0.39 is 11.9 Å². The zero-order valence-corrected chi connectivity index (χ0v) is 15.8. The lowest BCUT2D eigenvalue weighted by atomic mass is 9.99. The molecule has 0 saturated carbocycles. The molecule has 2 rings (SSSR count). The molecule has 150 valence electrons. The summed E-state index contributed by atoms with van der Waals surface area (Å²) in [6.07, 6.45) is 2.36. The van der Waals surface area contributed by atoms with E-state index in [1.54, 1.807) is 7.11 Å². The standard InChI is InChI=1S/C17H26N2O2.C2H2O4/c1-14-5-7-15(8-6-14)10-18-17(20)12-19-9-3-4-16(11-19)13-21-2;3-1(4)2(5)6/h5-8,16H,3-4,9-13H2,1-2H3,(H,18,20);(H,3,4)(H,5,6). The summed E-state index contributed by atoms with van der Waals surface area (Å²) in [5.41, 5.74) is 2.38. The molecule has 3 N–H and O–H groups in total. The number of carbonyl (C=O) groups is 3. The number of aliphatic carboxylic acids is 2. The number of amides is 1. The number of carboxylic acids is 2. The molecule has 0 aromatic heterocycles. The number of nitrogens with one attached hydrogen (secondary N) is 1. The fraction of sp³-hybridized carbons (Fsp3) is 0.526. The minimum atomic E-state index is -1.82. The first-order valence-corrected chi connectivity index (χ1v) is 8.81. The Balaban J connectivity index is 0.000000527. The van der Waals surface area contributed by atoms with Crippen molar-refractivity contribution in [3.05, 3.63) is 35.4 Å². The van der Waals surface area contributed by atoms with Crippen LogP contribution in [0.1, 0.15) is 24.0 Å². The van der Waals surface area contributed by atoms with Crippen molar-refractivity contribution in [2.24, 2.45) is 5.92 Å². The monoisotopic (exact) mass is 380 g/mol. The summed E-state index contributed by atoms with van der Waals surface area (Å²) in [7, 11) is 1.74. The molecule has 1 heterocycles. The van der Waals surface area contributed by atoms with Crippen LogP contribution in [0.2, 0.25) is 0 Å². The first kappa shape index (κ1) is 22.6. The zero-order valence-electron chi connectivity index (χ0n) is 15.8. The normalized spacial score (nSPS) is 16.7. The van der Waals surface area contributed by atoms with Gasteiger partial charge < -0.3 is 20.3 Å². The number of rotatable bonds is 6. The molecule has 1 saturated heterocycles. The van der Waals surface area contributed by atoms with E-state index in [1.165, 1.54) is 12.0 Å². The molecule has 27 heavy (non-hydrogen) atoms. The predicted octanol–water partition coefficient (Wildman–Crippen LogP) is 1.13. The van der Waals surface area contributed by atoms with Crippen molar-refractivity contribution in [1.29, 1.82) is 0 Å². The lowest BCUT2D eigenvalue weighted by molar-refractivity contribution is -0.159. The maximum atomic E-state index is 12.0. The third-order valence-electron chi connectivity index (χ3n) is 4.17. The second-order valence-electron chi connectivity index (χ2n) is 6.57. The van der Waals surface area contributed by atoms with E-state index in [2.05, 4.69) is 41.4 Å². The molecule has 1 aromatic carbocycles. The Hall–Kier alpha value is -2.45. The van der Waals surface area contributed by atoms with Crippen molar-refractivity contribution in [2.75, 3.05) is 33.4 Å². The maximum Gasteiger partial charge on any atom is 0.414 e. The summed E-state index contributed by atoms with van der Waals surface area (Å²) in [6, 6.07) is 8.26. The third-order valence-corrected chi connectivity index (χ3v) is 4.17. The number of benzene rings is 1. The van der Waals surface area contributed by atoms with Crippen LogP contribution in [0, 0.1) is 12.8 Å². The third kappa shape index (κ3) is 9.72. The highest BCUT2D eigenvalue weighted by atomic mass is 16.5. The Morgan fingerprint density at radius 3 is 2.37 bits per heavy atom. The van der Waals surface area contributed by atoms with E-state index >= 15 is 0 Å². The molecule has 0 bridgehead atoms. The van der Waals surface area contributed by atoms with Crippen LogP contribution in [-0.2, 0) is 25.7 Å². The van der Waals surface area contributed by atoms with Crippen LogP contribution >= 0.6 is 0 Å². The van der Waals surface area contributed by atoms with Crippen LogP contribution in [0.5, 0.6) is 0 Å². The van der Waals surface area contributed by atoms with Gasteiger partial charge in [-0.15, -0.1) is 0 Å². The van der Waals surface area contributed by atoms with Gasteiger partial charge in [-0.1, -0.05) is 29.8 Å². The Labute approximate surface area is 159 Å². The Bertz CT molecular complexity index is 603. The summed E-state index contributed by atoms with van der Waals surface area (Å²) in [5.74, 6) is -2.98. The van der Waals surface area contributed by atoms with Crippen LogP contribution in [0.4, 0.5) is 0 Å². The zero-order chi connectivity index (χ0) is 20.2. The van der Waals surface area contributed by atoms with Gasteiger partial charge in [-0.25, -0.2) is 9.59 Å². The molecule has 1 aliphatic rings. The SMILES string of the molecule is COCC1CCCN(CC(=O)NCc2ccc(C)cc2)C1.O=C(O)C(=O)O. The minimum Gasteiger partial charge on any atom is -0.473 e. The lowest BCUT2D eigenvalue weighted by Gasteiger charge is -2.31. The van der Waals surface area contributed by atoms with Gasteiger partial charge in [-0.05, 0) is 37.8 Å². The lowest BCUT2D eigenvalue weighted by Crippen LogP contribution is -2.43. The van der Waals surface area contributed by atoms with Gasteiger partial charge >= 0.3 is 11.9 Å². The van der Waals surface area contributed by atoms with Crippen molar-refractivity contribution in [3.8, 4) is 0 Å². The summed E-state index contributed by atoms with van der Waals surface area (Å²) >= 11 is 0. The molecule has 1 aliphatic heterocycles. The van der Waals surface area contributed by atoms with Crippen molar-refractivity contribution < 1.29 is 29.3 Å². The number of ether oxygens (including phenoxy) is 1. The van der Waals surface area contributed by atoms with E-state index in [1.807, 2.05) is 0 Å². The highest BCUT2D eigenvalue weighted by molar-refractivity contribution is 6.27. The fourth-order valence-electron chi connectivity index (χ4n) is 2.83. The number of carboxylic acid groups (broad SMARTS) is 2. The van der Waals surface area contributed by atoms with Gasteiger partial charge in [-0.3, -0.25) is 9.69 Å². The van der Waals surface area contributed by atoms with E-state index in [-0.39, 0.29) is 5.91 Å². The molecular formula is C19H28N2O6. The summed E-state index contributed by atoms with van der Waals surface area (Å²) in [4.78, 5) is 32.5. The van der Waals surface area contributed by atoms with E-state index in [0.717, 1.165) is 31.7 Å². The second kappa shape index (κ2) is 12.0. The number of carbonyl (C=O) groups excluding carboxylic acids is 1. The Morgan fingerprint density at radius 1 is 1.19 bits per heavy atom. The number of hydrogen-bond acceptors (Lipinski definition) is 5. The van der Waals surface area contributed by atoms with Crippen molar-refractivity contribution in [1.82, 2.24) is 10.2 Å². The average Bonchev–Trinajstić information content (AvgIpc) is 2.62. The van der Waals surface area contributed by atoms with Gasteiger partial charge in [0.2, 0.25) is 5.91 Å². The highest BCUT2D eigenvalue weighted by Gasteiger charge is 2.21. The largest absolute Gasteiger partial charge is 0.473 e. The summed E-state index contributed by atoms with van der Waals surface area (Å²) in [5, 5.41) is 17.8. The van der Waals surface area contributed by atoms with Crippen LogP contribution < -0.4 is 5.32 Å². The molecule has 1 fully saturated rings. The molecule has 0 radical (unpaired) electrons. The first-order chi connectivity index (χ1) is 12.8. The van der Waals surface area contributed by atoms with Crippen molar-refractivity contribution >= 4 is 17.8 Å². The van der Waals surface area contributed by atoms with Gasteiger partial charge in [0.05, 0.1) is 13.2 Å². The maximum absolute atomic E-state index is 12.0. The molecular weight excluding hydrogens is 352 g/mol. The van der Waals surface area contributed by atoms with Gasteiger partial charge in [0.25, 0.3) is 0 Å². The van der Waals surface area contributed by atoms with Crippen LogP contribution in [-0.4, -0.2) is 66.3 Å². The second-order valence-corrected chi connectivity index (χ2v) is 6.57. The molecule has 0 aliphatic carbocycles. The number of hydrogen-bond donors (Lipinski definition) is 3. The van der Waals surface area contributed by atoms with E-state index in [4.69, 9.17) is 24.5 Å². The average molecular weight is 380 g/mol. The van der Waals surface area contributed by atoms with Crippen molar-refractivity contribution in [3.63, 3.8) is 0 Å². The molecule has 1 atom stereocenters. The summed E-state index contributed by atoms with van der Waals surface area (Å²) < 4.78 is 5.22. The molecule has 1 aromatic rings. The highest BCUT2D eigenvalue weighted by Crippen LogP contribution is 2.16. The number of piperidine rings is 1. The molecule has 8 nitrogen and oxygen atoms in total. The van der Waals surface area contributed by atoms with E-state index in [9.17, 15) is 4.79 Å². The van der Waals surface area contributed by atoms with Crippen LogP contribution in [0.3, 0.4) is 0 Å². The quantitative estimate of drug-likeness (QED) is 0.633. The molecule has 1 amide bonds. The topological polar surface area (TPSA) is 116 Å². The van der Waals surface area contributed by atoms with Crippen LogP contribution in [0.25, 0.3) is 0 Å². The number of nitrogens with zero attached hydrogens (tertiary/aromatic N) is 1. The van der Waals surface area contributed by atoms with Gasteiger partial charge in [0, 0.05) is 20.2 Å². The fourth-order valence-corrected chi connectivity index (χ4v) is 2.83. The number of aryl methyl sites for hydroxylation is 1. The van der Waals surface area contributed by atoms with Crippen LogP contribution in [0.15, 0.2) is 24.3 Å². The predicted molar refractivity (Wildman–Crippen MR) is 99.3 cm³/mol. The number of methoxy groups -OCH3 is 1. The Morgan fingerprint density at radius 2 is 1.81 bits per heavy atom. The smallest absolute Gasteiger partial charge is 0.414 e. The minimum absolute atomic E-state index is 0.105. The first-order valence-electron chi connectivity index (χ1n) is 8.81. The van der Waals surface area contributed by atoms with Gasteiger partial charge in [0.15, 0.2) is 0 Å². The molecule has 8 heteroatoms. The number of likely N-dealkylation sites (tertiary alicyclic amines) is 1. The Kier molecular flexibility index (Phi) is 10.1. The summed E-state index contributed by atoms with van der Waals surface area (Å²) in [6.45, 7) is 5.93. The van der Waals surface area contributed by atoms with Crippen molar-refractivity contribution in [2.45, 2.75) is 26.3 Å².